The molecule has 3 heteroatoms. The van der Waals surface area contributed by atoms with Crippen molar-refractivity contribution in [1.82, 2.24) is 4.90 Å². The minimum atomic E-state index is 0.180. The molecule has 3 nitrogen and oxygen atoms in total. The van der Waals surface area contributed by atoms with E-state index in [1.165, 1.54) is 6.42 Å². The van der Waals surface area contributed by atoms with Crippen molar-refractivity contribution in [2.75, 3.05) is 26.3 Å². The predicted octanol–water partition coefficient (Wildman–Crippen LogP) is 1.61. The van der Waals surface area contributed by atoms with Crippen LogP contribution in [0.25, 0.3) is 0 Å². The highest BCUT2D eigenvalue weighted by Gasteiger charge is 2.36. The summed E-state index contributed by atoms with van der Waals surface area (Å²) in [6.07, 6.45) is 3.39. The van der Waals surface area contributed by atoms with Crippen molar-refractivity contribution in [3.63, 3.8) is 0 Å². The van der Waals surface area contributed by atoms with Crippen LogP contribution in [0.3, 0.4) is 0 Å². The number of nitrogens with zero attached hydrogens (tertiary/aromatic N) is 1. The van der Waals surface area contributed by atoms with Crippen LogP contribution in [-0.4, -0.2) is 42.8 Å². The van der Waals surface area contributed by atoms with Gasteiger partial charge in [-0.1, -0.05) is 6.92 Å². The van der Waals surface area contributed by atoms with Crippen LogP contribution in [0.5, 0.6) is 0 Å². The lowest BCUT2D eigenvalue weighted by atomic mass is 9.87. The SMILES string of the molecule is CCN(C(C)C)C1(CN)CCCOCC1. The molecule has 1 heterocycles. The lowest BCUT2D eigenvalue weighted by molar-refractivity contribution is 0.0460. The third kappa shape index (κ3) is 2.92. The molecule has 0 aromatic carbocycles. The first-order valence-electron chi connectivity index (χ1n) is 6.21. The van der Waals surface area contributed by atoms with Crippen molar-refractivity contribution in [1.29, 1.82) is 0 Å². The second-order valence-corrected chi connectivity index (χ2v) is 4.77. The highest BCUT2D eigenvalue weighted by Crippen LogP contribution is 2.28. The van der Waals surface area contributed by atoms with Gasteiger partial charge in [0.1, 0.15) is 0 Å². The van der Waals surface area contributed by atoms with E-state index >= 15 is 0 Å². The highest BCUT2D eigenvalue weighted by molar-refractivity contribution is 4.93. The first-order chi connectivity index (χ1) is 7.16. The Bertz CT molecular complexity index is 174. The molecule has 1 unspecified atom stereocenters. The van der Waals surface area contributed by atoms with Crippen molar-refractivity contribution >= 4 is 0 Å². The van der Waals surface area contributed by atoms with E-state index in [9.17, 15) is 0 Å². The van der Waals surface area contributed by atoms with Crippen LogP contribution in [0.2, 0.25) is 0 Å². The molecule has 1 fully saturated rings. The van der Waals surface area contributed by atoms with Crippen molar-refractivity contribution in [2.45, 2.75) is 51.6 Å². The molecule has 0 amide bonds. The molecule has 1 aliphatic heterocycles. The Kier molecular flexibility index (Phi) is 5.03. The molecule has 0 spiro atoms. The van der Waals surface area contributed by atoms with Crippen LogP contribution >= 0.6 is 0 Å². The lowest BCUT2D eigenvalue weighted by Gasteiger charge is -2.45. The third-order valence-electron chi connectivity index (χ3n) is 3.60. The molecule has 0 aromatic heterocycles. The van der Waals surface area contributed by atoms with Gasteiger partial charge in [-0.15, -0.1) is 0 Å². The average molecular weight is 214 g/mol. The fourth-order valence-electron chi connectivity index (χ4n) is 2.85. The van der Waals surface area contributed by atoms with E-state index in [1.54, 1.807) is 0 Å². The van der Waals surface area contributed by atoms with E-state index in [-0.39, 0.29) is 5.54 Å². The average Bonchev–Trinajstić information content (AvgIpc) is 2.45. The fourth-order valence-corrected chi connectivity index (χ4v) is 2.85. The summed E-state index contributed by atoms with van der Waals surface area (Å²) in [4.78, 5) is 2.54. The van der Waals surface area contributed by atoms with E-state index in [4.69, 9.17) is 10.5 Å². The maximum absolute atomic E-state index is 6.02. The van der Waals surface area contributed by atoms with E-state index in [1.807, 2.05) is 0 Å². The summed E-state index contributed by atoms with van der Waals surface area (Å²) in [5.41, 5.74) is 6.20. The molecule has 0 radical (unpaired) electrons. The Morgan fingerprint density at radius 3 is 2.60 bits per heavy atom. The first-order valence-corrected chi connectivity index (χ1v) is 6.21. The van der Waals surface area contributed by atoms with Crippen LogP contribution in [-0.2, 0) is 4.74 Å². The van der Waals surface area contributed by atoms with Gasteiger partial charge in [-0.2, -0.15) is 0 Å². The van der Waals surface area contributed by atoms with Gasteiger partial charge < -0.3 is 10.5 Å². The Morgan fingerprint density at radius 2 is 2.07 bits per heavy atom. The molecular weight excluding hydrogens is 188 g/mol. The van der Waals surface area contributed by atoms with Gasteiger partial charge >= 0.3 is 0 Å². The van der Waals surface area contributed by atoms with Gasteiger partial charge in [-0.25, -0.2) is 0 Å². The highest BCUT2D eigenvalue weighted by atomic mass is 16.5. The number of rotatable bonds is 4. The standard InChI is InChI=1S/C12H26N2O/c1-4-14(11(2)3)12(10-13)6-5-8-15-9-7-12/h11H,4-10,13H2,1-3H3. The van der Waals surface area contributed by atoms with Gasteiger partial charge in [0.2, 0.25) is 0 Å². The Labute approximate surface area is 94.0 Å². The van der Waals surface area contributed by atoms with Gasteiger partial charge in [0.05, 0.1) is 0 Å². The van der Waals surface area contributed by atoms with E-state index in [0.717, 1.165) is 39.1 Å². The van der Waals surface area contributed by atoms with Gasteiger partial charge in [0, 0.05) is 31.3 Å². The molecule has 1 atom stereocenters. The molecule has 0 bridgehead atoms. The van der Waals surface area contributed by atoms with Crippen molar-refractivity contribution < 1.29 is 4.74 Å². The summed E-state index contributed by atoms with van der Waals surface area (Å²) >= 11 is 0. The molecule has 2 N–H and O–H groups in total. The van der Waals surface area contributed by atoms with Crippen molar-refractivity contribution in [2.24, 2.45) is 5.73 Å². The van der Waals surface area contributed by atoms with Gasteiger partial charge in [-0.05, 0) is 39.7 Å². The number of hydrogen-bond acceptors (Lipinski definition) is 3. The zero-order valence-electron chi connectivity index (χ0n) is 10.5. The van der Waals surface area contributed by atoms with Crippen molar-refractivity contribution in [3.8, 4) is 0 Å². The molecule has 0 aromatic rings. The Morgan fingerprint density at radius 1 is 1.33 bits per heavy atom. The summed E-state index contributed by atoms with van der Waals surface area (Å²) in [6.45, 7) is 10.3. The van der Waals surface area contributed by atoms with Crippen molar-refractivity contribution in [3.05, 3.63) is 0 Å². The smallest absolute Gasteiger partial charge is 0.0484 e. The normalized spacial score (nSPS) is 28.4. The third-order valence-corrected chi connectivity index (χ3v) is 3.60. The summed E-state index contributed by atoms with van der Waals surface area (Å²) in [5.74, 6) is 0. The van der Waals surface area contributed by atoms with Crippen LogP contribution in [0.15, 0.2) is 0 Å². The molecule has 0 aliphatic carbocycles. The molecular formula is C12H26N2O. The molecule has 15 heavy (non-hydrogen) atoms. The topological polar surface area (TPSA) is 38.5 Å². The largest absolute Gasteiger partial charge is 0.381 e. The second kappa shape index (κ2) is 5.83. The summed E-state index contributed by atoms with van der Waals surface area (Å²) in [7, 11) is 0. The van der Waals surface area contributed by atoms with Gasteiger partial charge in [-0.3, -0.25) is 4.90 Å². The zero-order chi connectivity index (χ0) is 11.3. The van der Waals surface area contributed by atoms with E-state index < -0.39 is 0 Å². The van der Waals surface area contributed by atoms with Gasteiger partial charge in [0.25, 0.3) is 0 Å². The molecule has 1 saturated heterocycles. The number of ether oxygens (including phenoxy) is 1. The first kappa shape index (κ1) is 12.9. The predicted molar refractivity (Wildman–Crippen MR) is 64.0 cm³/mol. The summed E-state index contributed by atoms with van der Waals surface area (Å²) in [5, 5.41) is 0. The van der Waals surface area contributed by atoms with E-state index in [2.05, 4.69) is 25.7 Å². The Hall–Kier alpha value is -0.120. The number of likely N-dealkylation sites (N-methyl/N-ethyl adjacent to an activating group) is 1. The molecule has 0 saturated carbocycles. The summed E-state index contributed by atoms with van der Waals surface area (Å²) in [6, 6.07) is 0.566. The minimum Gasteiger partial charge on any atom is -0.381 e. The summed E-state index contributed by atoms with van der Waals surface area (Å²) < 4.78 is 5.54. The Balaban J connectivity index is 2.78. The molecule has 1 aliphatic rings. The lowest BCUT2D eigenvalue weighted by Crippen LogP contribution is -2.56. The maximum Gasteiger partial charge on any atom is 0.0484 e. The van der Waals surface area contributed by atoms with E-state index in [0.29, 0.717) is 6.04 Å². The number of nitrogens with two attached hydrogens (primary N) is 1. The second-order valence-electron chi connectivity index (χ2n) is 4.77. The zero-order valence-corrected chi connectivity index (χ0v) is 10.5. The van der Waals surface area contributed by atoms with Gasteiger partial charge in [0.15, 0.2) is 0 Å². The van der Waals surface area contributed by atoms with Crippen LogP contribution in [0, 0.1) is 0 Å². The maximum atomic E-state index is 6.02. The quantitative estimate of drug-likeness (QED) is 0.773. The van der Waals surface area contributed by atoms with Crippen LogP contribution in [0.4, 0.5) is 0 Å². The monoisotopic (exact) mass is 214 g/mol. The van der Waals surface area contributed by atoms with Crippen LogP contribution in [0.1, 0.15) is 40.0 Å². The number of hydrogen-bond donors (Lipinski definition) is 1. The molecule has 90 valence electrons. The minimum absolute atomic E-state index is 0.180. The fraction of sp³-hybridized carbons (Fsp3) is 1.00. The van der Waals surface area contributed by atoms with Crippen LogP contribution < -0.4 is 5.73 Å². The molecule has 1 rings (SSSR count).